The van der Waals surface area contributed by atoms with Crippen molar-refractivity contribution in [1.82, 2.24) is 4.98 Å². The topological polar surface area (TPSA) is 33.1 Å². The Hall–Kier alpha value is -1.48. The summed E-state index contributed by atoms with van der Waals surface area (Å²) in [6.07, 6.45) is 0. The Morgan fingerprint density at radius 1 is 1.13 bits per heavy atom. The first-order chi connectivity index (χ1) is 7.24. The van der Waals surface area contributed by atoms with Crippen LogP contribution < -0.4 is 0 Å². The molecule has 0 amide bonds. The zero-order chi connectivity index (χ0) is 10.7. The van der Waals surface area contributed by atoms with Crippen LogP contribution in [-0.4, -0.2) is 10.1 Å². The average molecular weight is 217 g/mol. The van der Waals surface area contributed by atoms with Crippen molar-refractivity contribution in [1.29, 1.82) is 0 Å². The molecule has 0 aliphatic heterocycles. The number of nitrogens with zero attached hydrogens (tertiary/aromatic N) is 1. The van der Waals surface area contributed by atoms with Crippen LogP contribution in [0.5, 0.6) is 5.75 Å². The molecule has 0 unspecified atom stereocenters. The first-order valence-electron chi connectivity index (χ1n) is 4.64. The fourth-order valence-electron chi connectivity index (χ4n) is 1.24. The van der Waals surface area contributed by atoms with E-state index in [1.54, 1.807) is 23.9 Å². The van der Waals surface area contributed by atoms with Crippen molar-refractivity contribution in [3.8, 4) is 5.75 Å². The van der Waals surface area contributed by atoms with Crippen LogP contribution in [-0.2, 0) is 0 Å². The van der Waals surface area contributed by atoms with Gasteiger partial charge in [-0.1, -0.05) is 23.9 Å². The number of aromatic nitrogens is 1. The molecule has 1 N–H and O–H groups in total. The van der Waals surface area contributed by atoms with E-state index in [-0.39, 0.29) is 5.75 Å². The number of benzene rings is 1. The molecule has 0 saturated heterocycles. The van der Waals surface area contributed by atoms with Crippen molar-refractivity contribution < 1.29 is 5.11 Å². The number of hydrogen-bond donors (Lipinski definition) is 1. The van der Waals surface area contributed by atoms with E-state index >= 15 is 0 Å². The van der Waals surface area contributed by atoms with Gasteiger partial charge >= 0.3 is 0 Å². The van der Waals surface area contributed by atoms with E-state index in [2.05, 4.69) is 4.98 Å². The molecule has 0 aliphatic carbocycles. The number of aryl methyl sites for hydroxylation is 1. The second-order valence-corrected chi connectivity index (χ2v) is 4.31. The molecule has 1 aromatic carbocycles. The van der Waals surface area contributed by atoms with Crippen molar-refractivity contribution in [3.05, 3.63) is 48.2 Å². The lowest BCUT2D eigenvalue weighted by atomic mass is 10.3. The third-order valence-electron chi connectivity index (χ3n) is 1.90. The molecule has 0 saturated carbocycles. The first-order valence-corrected chi connectivity index (χ1v) is 5.46. The van der Waals surface area contributed by atoms with Crippen molar-refractivity contribution in [2.24, 2.45) is 0 Å². The second kappa shape index (κ2) is 4.36. The standard InChI is InChI=1S/C12H11NOS/c1-9-4-2-7-12(13-9)15-11-6-3-5-10(14)8-11/h2-8,14H,1H3. The highest BCUT2D eigenvalue weighted by molar-refractivity contribution is 7.99. The molecule has 2 rings (SSSR count). The minimum absolute atomic E-state index is 0.285. The summed E-state index contributed by atoms with van der Waals surface area (Å²) in [5.74, 6) is 0.285. The molecule has 1 aromatic heterocycles. The number of pyridine rings is 1. The maximum absolute atomic E-state index is 9.31. The average Bonchev–Trinajstić information content (AvgIpc) is 2.17. The lowest BCUT2D eigenvalue weighted by Gasteiger charge is -2.01. The van der Waals surface area contributed by atoms with E-state index in [9.17, 15) is 5.11 Å². The van der Waals surface area contributed by atoms with Gasteiger partial charge in [-0.25, -0.2) is 4.98 Å². The van der Waals surface area contributed by atoms with E-state index in [1.165, 1.54) is 0 Å². The Labute approximate surface area is 93.0 Å². The van der Waals surface area contributed by atoms with Crippen molar-refractivity contribution in [2.45, 2.75) is 16.8 Å². The van der Waals surface area contributed by atoms with E-state index < -0.39 is 0 Å². The van der Waals surface area contributed by atoms with Crippen LogP contribution in [0.4, 0.5) is 0 Å². The predicted octanol–water partition coefficient (Wildman–Crippen LogP) is 3.25. The Morgan fingerprint density at radius 2 is 1.93 bits per heavy atom. The molecular formula is C12H11NOS. The summed E-state index contributed by atoms with van der Waals surface area (Å²) in [5.41, 5.74) is 1.00. The summed E-state index contributed by atoms with van der Waals surface area (Å²) in [6, 6.07) is 13.1. The normalized spacial score (nSPS) is 10.2. The molecule has 0 fully saturated rings. The van der Waals surface area contributed by atoms with Crippen molar-refractivity contribution >= 4 is 11.8 Å². The van der Waals surface area contributed by atoms with Gasteiger partial charge in [0.2, 0.25) is 0 Å². The highest BCUT2D eigenvalue weighted by Crippen LogP contribution is 2.28. The molecule has 76 valence electrons. The van der Waals surface area contributed by atoms with Crippen LogP contribution in [0, 0.1) is 6.92 Å². The van der Waals surface area contributed by atoms with Gasteiger partial charge in [0, 0.05) is 10.6 Å². The Kier molecular flexibility index (Phi) is 2.92. The van der Waals surface area contributed by atoms with Gasteiger partial charge in [0.25, 0.3) is 0 Å². The van der Waals surface area contributed by atoms with Gasteiger partial charge in [0.15, 0.2) is 0 Å². The summed E-state index contributed by atoms with van der Waals surface area (Å²) in [4.78, 5) is 5.37. The van der Waals surface area contributed by atoms with Gasteiger partial charge in [0.1, 0.15) is 10.8 Å². The van der Waals surface area contributed by atoms with E-state index in [0.29, 0.717) is 0 Å². The molecule has 3 heteroatoms. The Balaban J connectivity index is 2.22. The molecule has 1 heterocycles. The third-order valence-corrected chi connectivity index (χ3v) is 2.83. The lowest BCUT2D eigenvalue weighted by molar-refractivity contribution is 0.474. The number of hydrogen-bond acceptors (Lipinski definition) is 3. The maximum Gasteiger partial charge on any atom is 0.116 e. The summed E-state index contributed by atoms with van der Waals surface area (Å²) in [5, 5.41) is 10.3. The van der Waals surface area contributed by atoms with Crippen molar-refractivity contribution in [3.63, 3.8) is 0 Å². The molecule has 15 heavy (non-hydrogen) atoms. The van der Waals surface area contributed by atoms with Crippen LogP contribution >= 0.6 is 11.8 Å². The summed E-state index contributed by atoms with van der Waals surface area (Å²) < 4.78 is 0. The molecular weight excluding hydrogens is 206 g/mol. The first kappa shape index (κ1) is 10.1. The minimum Gasteiger partial charge on any atom is -0.508 e. The quantitative estimate of drug-likeness (QED) is 0.838. The van der Waals surface area contributed by atoms with Crippen LogP contribution in [0.2, 0.25) is 0 Å². The minimum atomic E-state index is 0.285. The van der Waals surface area contributed by atoms with Gasteiger partial charge < -0.3 is 5.11 Å². The molecule has 0 atom stereocenters. The van der Waals surface area contributed by atoms with E-state index in [0.717, 1.165) is 15.6 Å². The SMILES string of the molecule is Cc1cccc(Sc2cccc(O)c2)n1. The van der Waals surface area contributed by atoms with Gasteiger partial charge in [-0.15, -0.1) is 0 Å². The molecule has 0 bridgehead atoms. The summed E-state index contributed by atoms with van der Waals surface area (Å²) in [6.45, 7) is 1.96. The number of phenols is 1. The van der Waals surface area contributed by atoms with Crippen LogP contribution in [0.3, 0.4) is 0 Å². The zero-order valence-corrected chi connectivity index (χ0v) is 9.16. The smallest absolute Gasteiger partial charge is 0.116 e. The highest BCUT2D eigenvalue weighted by atomic mass is 32.2. The van der Waals surface area contributed by atoms with Gasteiger partial charge in [-0.2, -0.15) is 0 Å². The zero-order valence-electron chi connectivity index (χ0n) is 8.34. The monoisotopic (exact) mass is 217 g/mol. The fourth-order valence-corrected chi connectivity index (χ4v) is 2.15. The largest absolute Gasteiger partial charge is 0.508 e. The molecule has 2 nitrogen and oxygen atoms in total. The predicted molar refractivity (Wildman–Crippen MR) is 61.2 cm³/mol. The number of rotatable bonds is 2. The number of phenolic OH excluding ortho intramolecular Hbond substituents is 1. The van der Waals surface area contributed by atoms with Crippen LogP contribution in [0.25, 0.3) is 0 Å². The van der Waals surface area contributed by atoms with Crippen molar-refractivity contribution in [2.75, 3.05) is 0 Å². The Morgan fingerprint density at radius 3 is 2.67 bits per heavy atom. The molecule has 0 spiro atoms. The van der Waals surface area contributed by atoms with Crippen LogP contribution in [0.15, 0.2) is 52.4 Å². The fraction of sp³-hybridized carbons (Fsp3) is 0.0833. The van der Waals surface area contributed by atoms with Gasteiger partial charge in [-0.3, -0.25) is 0 Å². The Bertz CT molecular complexity index is 427. The van der Waals surface area contributed by atoms with Gasteiger partial charge in [0.05, 0.1) is 0 Å². The highest BCUT2D eigenvalue weighted by Gasteiger charge is 1.99. The maximum atomic E-state index is 9.31. The molecule has 0 radical (unpaired) electrons. The lowest BCUT2D eigenvalue weighted by Crippen LogP contribution is -1.82. The summed E-state index contributed by atoms with van der Waals surface area (Å²) >= 11 is 1.54. The molecule has 0 aliphatic rings. The van der Waals surface area contributed by atoms with E-state index in [1.807, 2.05) is 37.3 Å². The van der Waals surface area contributed by atoms with Gasteiger partial charge in [-0.05, 0) is 37.3 Å². The number of aromatic hydroxyl groups is 1. The van der Waals surface area contributed by atoms with E-state index in [4.69, 9.17) is 0 Å². The molecule has 2 aromatic rings. The van der Waals surface area contributed by atoms with Crippen LogP contribution in [0.1, 0.15) is 5.69 Å². The third kappa shape index (κ3) is 2.73. The summed E-state index contributed by atoms with van der Waals surface area (Å²) in [7, 11) is 0. The second-order valence-electron chi connectivity index (χ2n) is 3.22.